The summed E-state index contributed by atoms with van der Waals surface area (Å²) in [5.41, 5.74) is 3.16. The topological polar surface area (TPSA) is 32.3 Å². The third-order valence-electron chi connectivity index (χ3n) is 8.38. The van der Waals surface area contributed by atoms with Crippen molar-refractivity contribution in [2.45, 2.75) is 69.7 Å². The van der Waals surface area contributed by atoms with Gasteiger partial charge in [0.25, 0.3) is 0 Å². The van der Waals surface area contributed by atoms with Gasteiger partial charge in [0.2, 0.25) is 5.91 Å². The fourth-order valence-corrected chi connectivity index (χ4v) is 6.98. The summed E-state index contributed by atoms with van der Waals surface area (Å²) in [6.07, 6.45) is 11.1. The van der Waals surface area contributed by atoms with Crippen LogP contribution in [0, 0.1) is 17.8 Å². The maximum atomic E-state index is 11.7. The molecule has 1 spiro atoms. The summed E-state index contributed by atoms with van der Waals surface area (Å²) in [6.45, 7) is 5.45. The minimum atomic E-state index is 0. The minimum Gasteiger partial charge on any atom is -0.349 e. The molecule has 4 aliphatic carbocycles. The standard InChI is InChI=1S/C24H34N2O.H2/c1-17(27)25-23-15-24(22-5-3-2-4-21(22)23)10-12-26(13-11-24)16-20-14-18-6-8-19(20)9-7-18;/h2-5,18-20,23H,6-16H2,1H3,(H,25,27);1H/t18?,19?,20?,23-;/m0./s1. The Morgan fingerprint density at radius 3 is 2.59 bits per heavy atom. The molecule has 4 fully saturated rings. The second-order valence-electron chi connectivity index (χ2n) is 9.90. The molecule has 0 aromatic heterocycles. The highest BCUT2D eigenvalue weighted by atomic mass is 16.1. The number of likely N-dealkylation sites (tertiary alicyclic amines) is 1. The first-order chi connectivity index (χ1) is 13.1. The van der Waals surface area contributed by atoms with Gasteiger partial charge in [0.05, 0.1) is 6.04 Å². The van der Waals surface area contributed by atoms with Gasteiger partial charge in [-0.25, -0.2) is 0 Å². The van der Waals surface area contributed by atoms with Gasteiger partial charge in [-0.3, -0.25) is 4.79 Å². The van der Waals surface area contributed by atoms with Crippen LogP contribution in [-0.4, -0.2) is 30.4 Å². The van der Waals surface area contributed by atoms with Crippen molar-refractivity contribution in [3.8, 4) is 0 Å². The van der Waals surface area contributed by atoms with Crippen LogP contribution in [0.15, 0.2) is 24.3 Å². The van der Waals surface area contributed by atoms with Crippen molar-refractivity contribution in [1.82, 2.24) is 10.2 Å². The predicted molar refractivity (Wildman–Crippen MR) is 111 cm³/mol. The molecule has 2 atom stereocenters. The molecule has 3 heteroatoms. The zero-order valence-corrected chi connectivity index (χ0v) is 16.8. The van der Waals surface area contributed by atoms with Crippen molar-refractivity contribution in [1.29, 1.82) is 0 Å². The van der Waals surface area contributed by atoms with Crippen LogP contribution in [0.5, 0.6) is 0 Å². The lowest BCUT2D eigenvalue weighted by Crippen LogP contribution is -2.46. The number of rotatable bonds is 3. The summed E-state index contributed by atoms with van der Waals surface area (Å²) in [5.74, 6) is 3.12. The molecule has 3 saturated carbocycles. The minimum absolute atomic E-state index is 0. The molecular formula is C24H36N2O. The quantitative estimate of drug-likeness (QED) is 0.840. The van der Waals surface area contributed by atoms with Crippen LogP contribution >= 0.6 is 0 Å². The molecule has 5 aliphatic rings. The Morgan fingerprint density at radius 2 is 1.93 bits per heavy atom. The van der Waals surface area contributed by atoms with E-state index in [-0.39, 0.29) is 18.8 Å². The van der Waals surface area contributed by atoms with E-state index in [1.807, 2.05) is 0 Å². The molecule has 3 nitrogen and oxygen atoms in total. The second kappa shape index (κ2) is 6.92. The van der Waals surface area contributed by atoms with Crippen LogP contribution in [0.2, 0.25) is 0 Å². The number of carbonyl (C=O) groups is 1. The molecule has 2 bridgehead atoms. The Balaban J connectivity index is 0.00000192. The highest BCUT2D eigenvalue weighted by Gasteiger charge is 2.46. The van der Waals surface area contributed by atoms with Gasteiger partial charge in [0.15, 0.2) is 0 Å². The van der Waals surface area contributed by atoms with Gasteiger partial charge in [0, 0.05) is 20.3 Å². The van der Waals surface area contributed by atoms with Crippen LogP contribution in [-0.2, 0) is 10.2 Å². The molecule has 1 saturated heterocycles. The lowest BCUT2D eigenvalue weighted by atomic mass is 9.64. The monoisotopic (exact) mass is 368 g/mol. The second-order valence-corrected chi connectivity index (χ2v) is 9.90. The zero-order chi connectivity index (χ0) is 18.4. The van der Waals surface area contributed by atoms with Crippen LogP contribution in [0.25, 0.3) is 0 Å². The average molecular weight is 369 g/mol. The third kappa shape index (κ3) is 3.22. The summed E-state index contributed by atoms with van der Waals surface area (Å²) in [7, 11) is 0. The van der Waals surface area contributed by atoms with E-state index < -0.39 is 0 Å². The van der Waals surface area contributed by atoms with Crippen LogP contribution < -0.4 is 5.32 Å². The highest BCUT2D eigenvalue weighted by molar-refractivity contribution is 5.73. The lowest BCUT2D eigenvalue weighted by Gasteiger charge is -2.46. The Morgan fingerprint density at radius 1 is 1.19 bits per heavy atom. The van der Waals surface area contributed by atoms with Crippen molar-refractivity contribution in [3.63, 3.8) is 0 Å². The van der Waals surface area contributed by atoms with E-state index in [4.69, 9.17) is 0 Å². The molecule has 1 N–H and O–H groups in total. The molecule has 1 aromatic rings. The number of carbonyl (C=O) groups excluding carboxylic acids is 1. The Labute approximate surface area is 165 Å². The average Bonchev–Trinajstić information content (AvgIpc) is 2.98. The predicted octanol–water partition coefficient (Wildman–Crippen LogP) is 4.67. The van der Waals surface area contributed by atoms with Crippen molar-refractivity contribution in [3.05, 3.63) is 35.4 Å². The Hall–Kier alpha value is -1.35. The number of nitrogens with zero attached hydrogens (tertiary/aromatic N) is 1. The van der Waals surface area contributed by atoms with Gasteiger partial charge < -0.3 is 10.2 Å². The zero-order valence-electron chi connectivity index (χ0n) is 16.8. The largest absolute Gasteiger partial charge is 0.349 e. The third-order valence-corrected chi connectivity index (χ3v) is 8.38. The van der Waals surface area contributed by atoms with Crippen molar-refractivity contribution < 1.29 is 6.22 Å². The number of fused-ring (bicyclic) bond motifs is 5. The maximum absolute atomic E-state index is 11.7. The normalized spacial score (nSPS) is 34.6. The van der Waals surface area contributed by atoms with E-state index in [0.29, 0.717) is 0 Å². The summed E-state index contributed by atoms with van der Waals surface area (Å²) in [5, 5.41) is 3.21. The van der Waals surface area contributed by atoms with Crippen molar-refractivity contribution in [2.75, 3.05) is 19.6 Å². The summed E-state index contributed by atoms with van der Waals surface area (Å²) < 4.78 is 0. The first kappa shape index (κ1) is 17.7. The summed E-state index contributed by atoms with van der Waals surface area (Å²) >= 11 is 0. The number of benzene rings is 1. The molecule has 0 radical (unpaired) electrons. The molecule has 1 heterocycles. The first-order valence-corrected chi connectivity index (χ1v) is 11.2. The van der Waals surface area contributed by atoms with E-state index in [1.165, 1.54) is 75.7 Å². The smallest absolute Gasteiger partial charge is 0.217 e. The summed E-state index contributed by atoms with van der Waals surface area (Å²) in [4.78, 5) is 14.5. The van der Waals surface area contributed by atoms with E-state index in [9.17, 15) is 4.79 Å². The fourth-order valence-electron chi connectivity index (χ4n) is 6.98. The highest BCUT2D eigenvalue weighted by Crippen LogP contribution is 2.51. The number of piperidine rings is 1. The van der Waals surface area contributed by atoms with E-state index >= 15 is 0 Å². The van der Waals surface area contributed by atoms with E-state index in [0.717, 1.165) is 24.2 Å². The maximum Gasteiger partial charge on any atom is 0.217 e. The Kier molecular flexibility index (Phi) is 4.54. The van der Waals surface area contributed by atoms with Gasteiger partial charge in [-0.05, 0) is 80.5 Å². The van der Waals surface area contributed by atoms with Gasteiger partial charge in [0.1, 0.15) is 0 Å². The number of nitrogens with one attached hydrogen (secondary N) is 1. The van der Waals surface area contributed by atoms with Gasteiger partial charge >= 0.3 is 0 Å². The molecule has 1 unspecified atom stereocenters. The molecule has 27 heavy (non-hydrogen) atoms. The van der Waals surface area contributed by atoms with Gasteiger partial charge in [-0.15, -0.1) is 0 Å². The van der Waals surface area contributed by atoms with Crippen LogP contribution in [0.3, 0.4) is 0 Å². The lowest BCUT2D eigenvalue weighted by molar-refractivity contribution is -0.119. The van der Waals surface area contributed by atoms with Crippen molar-refractivity contribution >= 4 is 5.91 Å². The van der Waals surface area contributed by atoms with Gasteiger partial charge in [-0.1, -0.05) is 37.1 Å². The van der Waals surface area contributed by atoms with E-state index in [2.05, 4.69) is 34.5 Å². The van der Waals surface area contributed by atoms with Crippen molar-refractivity contribution in [2.24, 2.45) is 17.8 Å². The molecular weight excluding hydrogens is 332 g/mol. The molecule has 1 amide bonds. The molecule has 1 aliphatic heterocycles. The SMILES string of the molecule is CC(=O)N[C@H]1CC2(CCN(CC3CC4CCC3CC4)CC2)c2ccccc21.[HH]. The molecule has 1 aromatic carbocycles. The number of hydrogen-bond acceptors (Lipinski definition) is 2. The van der Waals surface area contributed by atoms with Crippen LogP contribution in [0.4, 0.5) is 0 Å². The number of hydrogen-bond donors (Lipinski definition) is 1. The fraction of sp³-hybridized carbons (Fsp3) is 0.708. The Bertz CT molecular complexity index is 704. The molecule has 148 valence electrons. The van der Waals surface area contributed by atoms with Crippen LogP contribution in [0.1, 0.15) is 76.9 Å². The number of amides is 1. The first-order valence-electron chi connectivity index (χ1n) is 11.2. The van der Waals surface area contributed by atoms with Gasteiger partial charge in [-0.2, -0.15) is 0 Å². The van der Waals surface area contributed by atoms with E-state index in [1.54, 1.807) is 6.92 Å². The molecule has 6 rings (SSSR count). The summed E-state index contributed by atoms with van der Waals surface area (Å²) in [6, 6.07) is 9.07.